The molecule has 1 aliphatic rings. The molecular weight excluding hydrogens is 423 g/mol. The van der Waals surface area contributed by atoms with Crippen LogP contribution >= 0.6 is 23.2 Å². The molecule has 0 bridgehead atoms. The molecule has 0 saturated carbocycles. The van der Waals surface area contributed by atoms with Crippen LogP contribution in [0.4, 0.5) is 0 Å². The van der Waals surface area contributed by atoms with Crippen LogP contribution in [0.15, 0.2) is 60.7 Å². The van der Waals surface area contributed by atoms with Gasteiger partial charge in [0.2, 0.25) is 5.78 Å². The average molecular weight is 441 g/mol. The van der Waals surface area contributed by atoms with Crippen LogP contribution in [0.25, 0.3) is 11.1 Å². The molecule has 30 heavy (non-hydrogen) atoms. The van der Waals surface area contributed by atoms with E-state index in [1.54, 1.807) is 31.3 Å². The fraction of sp³-hybridized carbons (Fsp3) is 0.130. The van der Waals surface area contributed by atoms with Crippen molar-refractivity contribution in [3.05, 3.63) is 87.4 Å². The second-order valence-corrected chi connectivity index (χ2v) is 7.81. The molecule has 3 aromatic rings. The molecule has 5 nitrogen and oxygen atoms in total. The van der Waals surface area contributed by atoms with Crippen molar-refractivity contribution in [2.75, 3.05) is 7.05 Å². The Hall–Kier alpha value is -2.86. The van der Waals surface area contributed by atoms with Crippen molar-refractivity contribution in [1.29, 1.82) is 0 Å². The van der Waals surface area contributed by atoms with Crippen LogP contribution in [0.3, 0.4) is 0 Å². The van der Waals surface area contributed by atoms with Gasteiger partial charge in [-0.15, -0.1) is 0 Å². The quantitative estimate of drug-likeness (QED) is 0.577. The molecule has 1 amide bonds. The van der Waals surface area contributed by atoms with Crippen molar-refractivity contribution < 1.29 is 14.3 Å². The average Bonchev–Trinajstić information content (AvgIpc) is 3.08. The number of hydrogen-bond acceptors (Lipinski definition) is 4. The van der Waals surface area contributed by atoms with E-state index in [9.17, 15) is 9.59 Å². The van der Waals surface area contributed by atoms with Crippen LogP contribution in [-0.2, 0) is 0 Å². The van der Waals surface area contributed by atoms with E-state index in [1.807, 2.05) is 30.3 Å². The van der Waals surface area contributed by atoms with Crippen LogP contribution < -0.4 is 15.8 Å². The number of amides is 1. The van der Waals surface area contributed by atoms with Gasteiger partial charge in [-0.25, -0.2) is 0 Å². The zero-order valence-electron chi connectivity index (χ0n) is 16.0. The van der Waals surface area contributed by atoms with Crippen molar-refractivity contribution in [3.8, 4) is 16.9 Å². The number of ether oxygens (including phenoxy) is 1. The molecule has 3 aromatic carbocycles. The summed E-state index contributed by atoms with van der Waals surface area (Å²) >= 11 is 12.1. The van der Waals surface area contributed by atoms with Crippen molar-refractivity contribution in [3.63, 3.8) is 0 Å². The van der Waals surface area contributed by atoms with Crippen LogP contribution in [0, 0.1) is 0 Å². The first-order valence-corrected chi connectivity index (χ1v) is 10.0. The summed E-state index contributed by atoms with van der Waals surface area (Å²) in [6, 6.07) is 16.9. The number of benzene rings is 3. The fourth-order valence-corrected chi connectivity index (χ4v) is 4.01. The van der Waals surface area contributed by atoms with E-state index in [0.717, 1.165) is 16.7 Å². The monoisotopic (exact) mass is 440 g/mol. The summed E-state index contributed by atoms with van der Waals surface area (Å²) in [5.41, 5.74) is 9.62. The Morgan fingerprint density at radius 1 is 1.00 bits per heavy atom. The number of fused-ring (bicyclic) bond motifs is 1. The van der Waals surface area contributed by atoms with Crippen LogP contribution in [0.2, 0.25) is 10.0 Å². The van der Waals surface area contributed by atoms with E-state index in [2.05, 4.69) is 5.32 Å². The van der Waals surface area contributed by atoms with Crippen molar-refractivity contribution in [2.45, 2.75) is 12.1 Å². The number of carbonyl (C=O) groups is 2. The number of carbonyl (C=O) groups excluding carboxylic acids is 2. The topological polar surface area (TPSA) is 81.4 Å². The first-order valence-electron chi connectivity index (χ1n) is 9.27. The zero-order valence-corrected chi connectivity index (χ0v) is 17.5. The Balaban J connectivity index is 1.64. The van der Waals surface area contributed by atoms with Crippen LogP contribution in [0.1, 0.15) is 32.3 Å². The molecular formula is C23H18Cl2N2O3. The number of nitrogens with one attached hydrogen (secondary N) is 1. The SMILES string of the molecule is CNC(=O)c1cccc(-c2ccc3c(c2)OC(C(=O)c2ccc(Cl)cc2Cl)C3N)c1. The maximum Gasteiger partial charge on any atom is 0.251 e. The summed E-state index contributed by atoms with van der Waals surface area (Å²) in [7, 11) is 1.59. The summed E-state index contributed by atoms with van der Waals surface area (Å²) in [5.74, 6) is 0.0686. The molecule has 4 rings (SSSR count). The van der Waals surface area contributed by atoms with Crippen molar-refractivity contribution in [1.82, 2.24) is 5.32 Å². The lowest BCUT2D eigenvalue weighted by atomic mass is 9.95. The molecule has 3 N–H and O–H groups in total. The molecule has 7 heteroatoms. The summed E-state index contributed by atoms with van der Waals surface area (Å²) in [6.07, 6.45) is -0.883. The fourth-order valence-electron chi connectivity index (χ4n) is 3.51. The van der Waals surface area contributed by atoms with Gasteiger partial charge in [-0.3, -0.25) is 9.59 Å². The molecule has 2 atom stereocenters. The Morgan fingerprint density at radius 3 is 2.50 bits per heavy atom. The minimum Gasteiger partial charge on any atom is -0.480 e. The summed E-state index contributed by atoms with van der Waals surface area (Å²) in [4.78, 5) is 24.9. The highest BCUT2D eigenvalue weighted by atomic mass is 35.5. The van der Waals surface area contributed by atoms with Gasteiger partial charge >= 0.3 is 0 Å². The zero-order chi connectivity index (χ0) is 21.4. The number of ketones is 1. The molecule has 1 heterocycles. The lowest BCUT2D eigenvalue weighted by molar-refractivity contribution is 0.0794. The summed E-state index contributed by atoms with van der Waals surface area (Å²) in [6.45, 7) is 0. The minimum atomic E-state index is -0.883. The molecule has 0 saturated heterocycles. The molecule has 0 aromatic heterocycles. The summed E-state index contributed by atoms with van der Waals surface area (Å²) < 4.78 is 5.94. The van der Waals surface area contributed by atoms with Gasteiger partial charge in [0.25, 0.3) is 5.91 Å². The molecule has 152 valence electrons. The number of nitrogens with two attached hydrogens (primary N) is 1. The Morgan fingerprint density at radius 2 is 1.77 bits per heavy atom. The van der Waals surface area contributed by atoms with Crippen molar-refractivity contribution >= 4 is 34.9 Å². The van der Waals surface area contributed by atoms with Crippen LogP contribution in [0.5, 0.6) is 5.75 Å². The first-order chi connectivity index (χ1) is 14.4. The number of Topliss-reactive ketones (excluding diaryl/α,β-unsaturated/α-hetero) is 1. The molecule has 0 aliphatic carbocycles. The smallest absolute Gasteiger partial charge is 0.251 e. The standard InChI is InChI=1S/C23H18Cl2N2O3/c1-27-23(29)14-4-2-3-12(9-14)13-5-7-17-19(10-13)30-22(20(17)26)21(28)16-8-6-15(24)11-18(16)25/h2-11,20,22H,26H2,1H3,(H,27,29). The second-order valence-electron chi connectivity index (χ2n) is 6.97. The molecule has 2 unspecified atom stereocenters. The van der Waals surface area contributed by atoms with Gasteiger partial charge in [0, 0.05) is 28.8 Å². The predicted octanol–water partition coefficient (Wildman–Crippen LogP) is 4.66. The second kappa shape index (κ2) is 8.11. The van der Waals surface area contributed by atoms with E-state index in [1.165, 1.54) is 6.07 Å². The number of rotatable bonds is 4. The van der Waals surface area contributed by atoms with Gasteiger partial charge in [-0.05, 0) is 47.5 Å². The highest BCUT2D eigenvalue weighted by molar-refractivity contribution is 6.37. The van der Waals surface area contributed by atoms with Crippen molar-refractivity contribution in [2.24, 2.45) is 5.73 Å². The maximum atomic E-state index is 13.0. The van der Waals surface area contributed by atoms with E-state index < -0.39 is 12.1 Å². The Labute approximate surface area is 183 Å². The molecule has 0 radical (unpaired) electrons. The minimum absolute atomic E-state index is 0.165. The Kier molecular flexibility index (Phi) is 5.52. The third-order valence-corrected chi connectivity index (χ3v) is 5.64. The predicted molar refractivity (Wildman–Crippen MR) is 117 cm³/mol. The highest BCUT2D eigenvalue weighted by Crippen LogP contribution is 2.40. The first kappa shape index (κ1) is 20.4. The van der Waals surface area contributed by atoms with Gasteiger partial charge in [-0.1, -0.05) is 47.5 Å². The lowest BCUT2D eigenvalue weighted by Gasteiger charge is -2.15. The van der Waals surface area contributed by atoms with Gasteiger partial charge in [-0.2, -0.15) is 0 Å². The molecule has 1 aliphatic heterocycles. The van der Waals surface area contributed by atoms with Crippen LogP contribution in [-0.4, -0.2) is 24.8 Å². The normalized spacial score (nSPS) is 17.2. The Bertz CT molecular complexity index is 1160. The highest BCUT2D eigenvalue weighted by Gasteiger charge is 2.38. The molecule has 0 fully saturated rings. The third kappa shape index (κ3) is 3.67. The molecule has 0 spiro atoms. The summed E-state index contributed by atoms with van der Waals surface area (Å²) in [5, 5.41) is 3.31. The van der Waals surface area contributed by atoms with E-state index in [-0.39, 0.29) is 16.7 Å². The lowest BCUT2D eigenvalue weighted by Crippen LogP contribution is -2.33. The largest absolute Gasteiger partial charge is 0.480 e. The number of hydrogen-bond donors (Lipinski definition) is 2. The number of halogens is 2. The third-order valence-electron chi connectivity index (χ3n) is 5.09. The van der Waals surface area contributed by atoms with Gasteiger partial charge in [0.15, 0.2) is 6.10 Å². The van der Waals surface area contributed by atoms with Gasteiger partial charge in [0.1, 0.15) is 5.75 Å². The van der Waals surface area contributed by atoms with E-state index in [4.69, 9.17) is 33.7 Å². The maximum absolute atomic E-state index is 13.0. The van der Waals surface area contributed by atoms with Gasteiger partial charge < -0.3 is 15.8 Å². The van der Waals surface area contributed by atoms with E-state index in [0.29, 0.717) is 21.9 Å². The van der Waals surface area contributed by atoms with Gasteiger partial charge in [0.05, 0.1) is 11.1 Å². The van der Waals surface area contributed by atoms with E-state index >= 15 is 0 Å².